The first-order valence-corrected chi connectivity index (χ1v) is 5.30. The van der Waals surface area contributed by atoms with Crippen molar-refractivity contribution in [2.75, 3.05) is 13.1 Å². The molecule has 0 N–H and O–H groups in total. The van der Waals surface area contributed by atoms with E-state index < -0.39 is 0 Å². The van der Waals surface area contributed by atoms with Gasteiger partial charge in [0.05, 0.1) is 6.07 Å². The summed E-state index contributed by atoms with van der Waals surface area (Å²) in [4.78, 5) is 13.1. The zero-order chi connectivity index (χ0) is 10.6. The van der Waals surface area contributed by atoms with Gasteiger partial charge in [0.2, 0.25) is 5.91 Å². The van der Waals surface area contributed by atoms with E-state index in [9.17, 15) is 4.79 Å². The lowest BCUT2D eigenvalue weighted by molar-refractivity contribution is -0.128. The van der Waals surface area contributed by atoms with Crippen LogP contribution in [-0.2, 0) is 4.79 Å². The van der Waals surface area contributed by atoms with E-state index in [0.29, 0.717) is 5.92 Å². The van der Waals surface area contributed by atoms with Crippen molar-refractivity contribution in [3.05, 3.63) is 0 Å². The monoisotopic (exact) mass is 194 g/mol. The van der Waals surface area contributed by atoms with Crippen molar-refractivity contribution in [1.82, 2.24) is 4.90 Å². The third-order valence-corrected chi connectivity index (χ3v) is 3.13. The van der Waals surface area contributed by atoms with Crippen molar-refractivity contribution in [1.29, 1.82) is 5.26 Å². The highest BCUT2D eigenvalue weighted by Crippen LogP contribution is 2.24. The molecule has 0 aromatic rings. The van der Waals surface area contributed by atoms with Crippen molar-refractivity contribution >= 4 is 5.91 Å². The van der Waals surface area contributed by atoms with E-state index in [1.165, 1.54) is 0 Å². The lowest BCUT2D eigenvalue weighted by Gasteiger charge is -2.19. The van der Waals surface area contributed by atoms with Crippen molar-refractivity contribution in [3.63, 3.8) is 0 Å². The minimum absolute atomic E-state index is 0.127. The fourth-order valence-electron chi connectivity index (χ4n) is 2.04. The van der Waals surface area contributed by atoms with Crippen LogP contribution in [0.4, 0.5) is 0 Å². The normalized spacial score (nSPS) is 24.9. The molecule has 3 nitrogen and oxygen atoms in total. The Morgan fingerprint density at radius 1 is 1.50 bits per heavy atom. The van der Waals surface area contributed by atoms with E-state index in [0.717, 1.165) is 32.4 Å². The highest BCUT2D eigenvalue weighted by molar-refractivity contribution is 5.73. The molecule has 1 amide bonds. The number of hydrogen-bond acceptors (Lipinski definition) is 2. The van der Waals surface area contributed by atoms with Crippen LogP contribution in [0.25, 0.3) is 0 Å². The second kappa shape index (κ2) is 4.99. The van der Waals surface area contributed by atoms with Crippen molar-refractivity contribution in [2.24, 2.45) is 11.8 Å². The van der Waals surface area contributed by atoms with E-state index in [2.05, 4.69) is 6.07 Å². The third-order valence-electron chi connectivity index (χ3n) is 3.13. The second-order valence-corrected chi connectivity index (χ2v) is 4.11. The molecule has 1 heterocycles. The lowest BCUT2D eigenvalue weighted by Crippen LogP contribution is -2.29. The van der Waals surface area contributed by atoms with Crippen LogP contribution in [0, 0.1) is 23.2 Å². The van der Waals surface area contributed by atoms with Crippen LogP contribution in [0.3, 0.4) is 0 Å². The molecular weight excluding hydrogens is 176 g/mol. The summed E-state index contributed by atoms with van der Waals surface area (Å²) in [7, 11) is 0. The molecule has 0 aromatic carbocycles. The summed E-state index contributed by atoms with van der Waals surface area (Å²) in [5, 5.41) is 8.82. The Bertz CT molecular complexity index is 244. The van der Waals surface area contributed by atoms with E-state index in [1.807, 2.05) is 11.8 Å². The van der Waals surface area contributed by atoms with Crippen molar-refractivity contribution in [2.45, 2.75) is 33.1 Å². The van der Waals surface area contributed by atoms with Crippen LogP contribution in [0.2, 0.25) is 0 Å². The lowest BCUT2D eigenvalue weighted by atomic mass is 9.89. The Hall–Kier alpha value is -1.04. The summed E-state index contributed by atoms with van der Waals surface area (Å²) >= 11 is 0. The summed E-state index contributed by atoms with van der Waals surface area (Å²) in [6.45, 7) is 5.29. The highest BCUT2D eigenvalue weighted by atomic mass is 16.2. The zero-order valence-corrected chi connectivity index (χ0v) is 8.99. The molecule has 0 saturated carbocycles. The van der Waals surface area contributed by atoms with E-state index in [-0.39, 0.29) is 11.8 Å². The van der Waals surface area contributed by atoms with Crippen LogP contribution in [0.1, 0.15) is 33.1 Å². The quantitative estimate of drug-likeness (QED) is 0.638. The molecule has 1 saturated heterocycles. The molecule has 0 bridgehead atoms. The highest BCUT2D eigenvalue weighted by Gasteiger charge is 2.22. The van der Waals surface area contributed by atoms with Crippen LogP contribution >= 0.6 is 0 Å². The Kier molecular flexibility index (Phi) is 3.94. The Labute approximate surface area is 85.7 Å². The van der Waals surface area contributed by atoms with E-state index >= 15 is 0 Å². The summed E-state index contributed by atoms with van der Waals surface area (Å²) in [6, 6.07) is 2.30. The molecule has 0 aliphatic carbocycles. The molecule has 2 unspecified atom stereocenters. The molecule has 0 spiro atoms. The van der Waals surface area contributed by atoms with Gasteiger partial charge >= 0.3 is 0 Å². The average molecular weight is 194 g/mol. The van der Waals surface area contributed by atoms with Crippen LogP contribution in [0.15, 0.2) is 0 Å². The predicted octanol–water partition coefficient (Wildman–Crippen LogP) is 1.79. The first kappa shape index (κ1) is 11.0. The average Bonchev–Trinajstić information content (AvgIpc) is 2.41. The van der Waals surface area contributed by atoms with Crippen LogP contribution in [0.5, 0.6) is 0 Å². The SMILES string of the molecule is CC(=O)N1CCCC(C(C)C#N)CC1. The molecule has 1 aliphatic rings. The molecular formula is C11H18N2O. The minimum atomic E-state index is 0.127. The van der Waals surface area contributed by atoms with E-state index in [1.54, 1.807) is 6.92 Å². The maximum Gasteiger partial charge on any atom is 0.219 e. The van der Waals surface area contributed by atoms with Gasteiger partial charge in [0.25, 0.3) is 0 Å². The Balaban J connectivity index is 2.49. The van der Waals surface area contributed by atoms with Gasteiger partial charge < -0.3 is 4.90 Å². The van der Waals surface area contributed by atoms with Crippen molar-refractivity contribution < 1.29 is 4.79 Å². The molecule has 2 atom stereocenters. The topological polar surface area (TPSA) is 44.1 Å². The van der Waals surface area contributed by atoms with Gasteiger partial charge in [0.15, 0.2) is 0 Å². The number of rotatable bonds is 1. The van der Waals surface area contributed by atoms with Gasteiger partial charge in [-0.25, -0.2) is 0 Å². The zero-order valence-electron chi connectivity index (χ0n) is 8.99. The summed E-state index contributed by atoms with van der Waals surface area (Å²) in [5.74, 6) is 0.765. The first-order chi connectivity index (χ1) is 6.65. The summed E-state index contributed by atoms with van der Waals surface area (Å²) in [5.41, 5.74) is 0. The number of carbonyl (C=O) groups excluding carboxylic acids is 1. The standard InChI is InChI=1S/C11H18N2O/c1-9(8-12)11-4-3-6-13(7-5-11)10(2)14/h9,11H,3-7H2,1-2H3. The predicted molar refractivity (Wildman–Crippen MR) is 54.4 cm³/mol. The molecule has 1 fully saturated rings. The van der Waals surface area contributed by atoms with Crippen molar-refractivity contribution in [3.8, 4) is 6.07 Å². The van der Waals surface area contributed by atoms with Gasteiger partial charge in [0, 0.05) is 25.9 Å². The molecule has 0 aromatic heterocycles. The molecule has 1 aliphatic heterocycles. The largest absolute Gasteiger partial charge is 0.343 e. The Morgan fingerprint density at radius 2 is 2.21 bits per heavy atom. The number of nitriles is 1. The molecule has 3 heteroatoms. The number of nitrogens with zero attached hydrogens (tertiary/aromatic N) is 2. The van der Waals surface area contributed by atoms with Gasteiger partial charge in [-0.05, 0) is 32.1 Å². The smallest absolute Gasteiger partial charge is 0.219 e. The summed E-state index contributed by atoms with van der Waals surface area (Å²) in [6.07, 6.45) is 3.10. The molecule has 14 heavy (non-hydrogen) atoms. The van der Waals surface area contributed by atoms with Crippen LogP contribution in [-0.4, -0.2) is 23.9 Å². The Morgan fingerprint density at radius 3 is 2.79 bits per heavy atom. The number of likely N-dealkylation sites (tertiary alicyclic amines) is 1. The molecule has 1 rings (SSSR count). The fraction of sp³-hybridized carbons (Fsp3) is 0.818. The van der Waals surface area contributed by atoms with Gasteiger partial charge in [-0.1, -0.05) is 0 Å². The maximum absolute atomic E-state index is 11.2. The fourth-order valence-corrected chi connectivity index (χ4v) is 2.04. The van der Waals surface area contributed by atoms with Crippen LogP contribution < -0.4 is 0 Å². The third kappa shape index (κ3) is 2.73. The van der Waals surface area contributed by atoms with Gasteiger partial charge in [0.1, 0.15) is 0 Å². The van der Waals surface area contributed by atoms with Gasteiger partial charge in [-0.15, -0.1) is 0 Å². The molecule has 78 valence electrons. The van der Waals surface area contributed by atoms with Gasteiger partial charge in [-0.3, -0.25) is 4.79 Å². The maximum atomic E-state index is 11.2. The minimum Gasteiger partial charge on any atom is -0.343 e. The number of carbonyl (C=O) groups is 1. The number of hydrogen-bond donors (Lipinski definition) is 0. The second-order valence-electron chi connectivity index (χ2n) is 4.11. The first-order valence-electron chi connectivity index (χ1n) is 5.30. The summed E-state index contributed by atoms with van der Waals surface area (Å²) < 4.78 is 0. The number of amides is 1. The van der Waals surface area contributed by atoms with Gasteiger partial charge in [-0.2, -0.15) is 5.26 Å². The van der Waals surface area contributed by atoms with E-state index in [4.69, 9.17) is 5.26 Å². The molecule has 0 radical (unpaired) electrons.